The topological polar surface area (TPSA) is 9.23 Å². The first-order valence-corrected chi connectivity index (χ1v) is 7.09. The van der Waals surface area contributed by atoms with Gasteiger partial charge in [-0.25, -0.2) is 0 Å². The van der Waals surface area contributed by atoms with Crippen LogP contribution in [0.25, 0.3) is 0 Å². The zero-order valence-electron chi connectivity index (χ0n) is 11.3. The van der Waals surface area contributed by atoms with E-state index < -0.39 is 0 Å². The van der Waals surface area contributed by atoms with E-state index in [0.717, 1.165) is 0 Å². The molecule has 0 unspecified atom stereocenters. The molecule has 0 atom stereocenters. The zero-order chi connectivity index (χ0) is 11.9. The van der Waals surface area contributed by atoms with Crippen LogP contribution in [0.2, 0.25) is 0 Å². The largest absolute Gasteiger partial charge is 0.505 e. The molecule has 0 aromatic rings. The molecular formula is C15H30O. The normalized spacial score (nSPS) is 11.1. The van der Waals surface area contributed by atoms with Crippen molar-refractivity contribution in [2.75, 3.05) is 7.11 Å². The van der Waals surface area contributed by atoms with Gasteiger partial charge in [0.25, 0.3) is 0 Å². The van der Waals surface area contributed by atoms with Crippen LogP contribution in [0.4, 0.5) is 0 Å². The minimum atomic E-state index is 1.17. The summed E-state index contributed by atoms with van der Waals surface area (Å²) in [7, 11) is 1.70. The Morgan fingerprint density at radius 3 is 1.75 bits per heavy atom. The molecule has 0 N–H and O–H groups in total. The van der Waals surface area contributed by atoms with Gasteiger partial charge in [0.05, 0.1) is 13.4 Å². The molecule has 0 aromatic heterocycles. The van der Waals surface area contributed by atoms with Gasteiger partial charge in [-0.15, -0.1) is 0 Å². The van der Waals surface area contributed by atoms with Crippen molar-refractivity contribution >= 4 is 0 Å². The molecule has 1 heteroatoms. The monoisotopic (exact) mass is 226 g/mol. The molecule has 0 rings (SSSR count). The molecule has 0 aromatic carbocycles. The maximum atomic E-state index is 4.85. The second-order valence-electron chi connectivity index (χ2n) is 4.58. The van der Waals surface area contributed by atoms with Gasteiger partial charge in [-0.1, -0.05) is 64.7 Å². The van der Waals surface area contributed by atoms with Crippen LogP contribution in [-0.2, 0) is 4.74 Å². The molecular weight excluding hydrogens is 196 g/mol. The lowest BCUT2D eigenvalue weighted by atomic mass is 10.1. The third kappa shape index (κ3) is 13.5. The van der Waals surface area contributed by atoms with E-state index in [1.54, 1.807) is 13.4 Å². The quantitative estimate of drug-likeness (QED) is 0.317. The first kappa shape index (κ1) is 15.5. The molecule has 0 fully saturated rings. The Hall–Kier alpha value is -0.460. The van der Waals surface area contributed by atoms with Gasteiger partial charge >= 0.3 is 0 Å². The highest BCUT2D eigenvalue weighted by Gasteiger charge is 1.91. The third-order valence-corrected chi connectivity index (χ3v) is 2.96. The number of hydrogen-bond acceptors (Lipinski definition) is 1. The summed E-state index contributed by atoms with van der Waals surface area (Å²) in [5.41, 5.74) is 0. The average molecular weight is 226 g/mol. The summed E-state index contributed by atoms with van der Waals surface area (Å²) < 4.78 is 4.85. The summed E-state index contributed by atoms with van der Waals surface area (Å²) >= 11 is 0. The number of hydrogen-bond donors (Lipinski definition) is 0. The van der Waals surface area contributed by atoms with E-state index in [9.17, 15) is 0 Å². The van der Waals surface area contributed by atoms with E-state index in [0.29, 0.717) is 0 Å². The number of ether oxygens (including phenoxy) is 1. The van der Waals surface area contributed by atoms with Gasteiger partial charge in [0.2, 0.25) is 0 Å². The molecule has 0 bridgehead atoms. The van der Waals surface area contributed by atoms with Crippen LogP contribution in [0.3, 0.4) is 0 Å². The van der Waals surface area contributed by atoms with Crippen LogP contribution >= 0.6 is 0 Å². The molecule has 96 valence electrons. The molecule has 0 aliphatic rings. The van der Waals surface area contributed by atoms with Crippen molar-refractivity contribution in [2.45, 2.75) is 77.6 Å². The molecule has 0 aliphatic heterocycles. The van der Waals surface area contributed by atoms with E-state index in [-0.39, 0.29) is 0 Å². The third-order valence-electron chi connectivity index (χ3n) is 2.96. The molecule has 0 aliphatic carbocycles. The summed E-state index contributed by atoms with van der Waals surface area (Å²) in [4.78, 5) is 0. The van der Waals surface area contributed by atoms with Crippen LogP contribution in [0, 0.1) is 0 Å². The number of methoxy groups -OCH3 is 1. The lowest BCUT2D eigenvalue weighted by Gasteiger charge is -2.01. The predicted molar refractivity (Wildman–Crippen MR) is 72.6 cm³/mol. The summed E-state index contributed by atoms with van der Waals surface area (Å²) in [6.07, 6.45) is 19.2. The summed E-state index contributed by atoms with van der Waals surface area (Å²) in [6.45, 7) is 2.28. The van der Waals surface area contributed by atoms with Gasteiger partial charge in [-0.2, -0.15) is 0 Å². The minimum absolute atomic E-state index is 1.17. The first-order valence-electron chi connectivity index (χ1n) is 7.09. The Labute approximate surface area is 102 Å². The van der Waals surface area contributed by atoms with Gasteiger partial charge in [0.1, 0.15) is 0 Å². The molecule has 0 radical (unpaired) electrons. The fourth-order valence-corrected chi connectivity index (χ4v) is 1.91. The predicted octanol–water partition coefficient (Wildman–Crippen LogP) is 5.46. The van der Waals surface area contributed by atoms with Gasteiger partial charge in [-0.05, 0) is 18.9 Å². The Balaban J connectivity index is 2.90. The molecule has 0 amide bonds. The molecule has 16 heavy (non-hydrogen) atoms. The Bertz CT molecular complexity index is 140. The molecule has 0 saturated heterocycles. The second-order valence-corrected chi connectivity index (χ2v) is 4.58. The van der Waals surface area contributed by atoms with Crippen molar-refractivity contribution in [3.8, 4) is 0 Å². The second kappa shape index (κ2) is 14.5. The Morgan fingerprint density at radius 2 is 1.25 bits per heavy atom. The molecule has 0 spiro atoms. The van der Waals surface area contributed by atoms with Crippen molar-refractivity contribution in [2.24, 2.45) is 0 Å². The van der Waals surface area contributed by atoms with Gasteiger partial charge < -0.3 is 4.74 Å². The first-order chi connectivity index (χ1) is 7.91. The lowest BCUT2D eigenvalue weighted by molar-refractivity contribution is 0.336. The van der Waals surface area contributed by atoms with E-state index in [1.807, 2.05) is 0 Å². The van der Waals surface area contributed by atoms with E-state index >= 15 is 0 Å². The van der Waals surface area contributed by atoms with Crippen LogP contribution in [0.1, 0.15) is 77.6 Å². The van der Waals surface area contributed by atoms with E-state index in [2.05, 4.69) is 13.0 Å². The molecule has 1 nitrogen and oxygen atoms in total. The zero-order valence-corrected chi connectivity index (χ0v) is 11.3. The average Bonchev–Trinajstić information content (AvgIpc) is 2.31. The highest BCUT2D eigenvalue weighted by atomic mass is 16.5. The fraction of sp³-hybridized carbons (Fsp3) is 0.867. The van der Waals surface area contributed by atoms with Crippen molar-refractivity contribution in [1.82, 2.24) is 0 Å². The van der Waals surface area contributed by atoms with Gasteiger partial charge in [0.15, 0.2) is 0 Å². The van der Waals surface area contributed by atoms with Crippen LogP contribution < -0.4 is 0 Å². The number of unbranched alkanes of at least 4 members (excludes halogenated alkanes) is 10. The van der Waals surface area contributed by atoms with Crippen LogP contribution in [0.5, 0.6) is 0 Å². The van der Waals surface area contributed by atoms with Crippen molar-refractivity contribution < 1.29 is 4.74 Å². The standard InChI is InChI=1S/C15H30O/c1-3-4-5-6-7-8-9-10-11-12-13-14-15-16-2/h14-15H,3-13H2,1-2H3/b15-14+. The highest BCUT2D eigenvalue weighted by molar-refractivity contribution is 4.72. The van der Waals surface area contributed by atoms with E-state index in [1.165, 1.54) is 70.6 Å². The highest BCUT2D eigenvalue weighted by Crippen LogP contribution is 2.11. The van der Waals surface area contributed by atoms with Crippen LogP contribution in [0.15, 0.2) is 12.3 Å². The van der Waals surface area contributed by atoms with Gasteiger partial charge in [0, 0.05) is 0 Å². The summed E-state index contributed by atoms with van der Waals surface area (Å²) in [6, 6.07) is 0. The SMILES string of the molecule is CCCCCCCCCCCC/C=C/OC. The van der Waals surface area contributed by atoms with Crippen molar-refractivity contribution in [3.05, 3.63) is 12.3 Å². The van der Waals surface area contributed by atoms with Crippen molar-refractivity contribution in [3.63, 3.8) is 0 Å². The fourth-order valence-electron chi connectivity index (χ4n) is 1.91. The van der Waals surface area contributed by atoms with Crippen LogP contribution in [-0.4, -0.2) is 7.11 Å². The number of allylic oxidation sites excluding steroid dienone is 1. The Kier molecular flexibility index (Phi) is 14.1. The maximum Gasteiger partial charge on any atom is 0.0784 e. The summed E-state index contributed by atoms with van der Waals surface area (Å²) in [5, 5.41) is 0. The molecule has 0 saturated carbocycles. The molecule has 0 heterocycles. The number of rotatable bonds is 12. The minimum Gasteiger partial charge on any atom is -0.505 e. The van der Waals surface area contributed by atoms with Gasteiger partial charge in [-0.3, -0.25) is 0 Å². The smallest absolute Gasteiger partial charge is 0.0784 e. The Morgan fingerprint density at radius 1 is 0.750 bits per heavy atom. The maximum absolute atomic E-state index is 4.85. The lowest BCUT2D eigenvalue weighted by Crippen LogP contribution is -1.81. The van der Waals surface area contributed by atoms with E-state index in [4.69, 9.17) is 4.74 Å². The van der Waals surface area contributed by atoms with Crippen molar-refractivity contribution in [1.29, 1.82) is 0 Å². The summed E-state index contributed by atoms with van der Waals surface area (Å²) in [5.74, 6) is 0.